The third kappa shape index (κ3) is 3.78. The molecule has 5 heteroatoms. The van der Waals surface area contributed by atoms with Crippen LogP contribution in [0.4, 0.5) is 0 Å². The third-order valence-corrected chi connectivity index (χ3v) is 3.48. The fourth-order valence-electron chi connectivity index (χ4n) is 2.43. The molecule has 0 amide bonds. The predicted molar refractivity (Wildman–Crippen MR) is 68.0 cm³/mol. The summed E-state index contributed by atoms with van der Waals surface area (Å²) in [6.07, 6.45) is 5.38. The molecular formula is C13H23N3O2. The van der Waals surface area contributed by atoms with Crippen molar-refractivity contribution in [1.82, 2.24) is 15.0 Å². The van der Waals surface area contributed by atoms with E-state index in [2.05, 4.69) is 22.0 Å². The molecule has 1 aliphatic heterocycles. The summed E-state index contributed by atoms with van der Waals surface area (Å²) in [5.74, 6) is 1.94. The second-order valence-corrected chi connectivity index (χ2v) is 5.13. The molecule has 1 aliphatic rings. The van der Waals surface area contributed by atoms with E-state index in [4.69, 9.17) is 4.52 Å². The van der Waals surface area contributed by atoms with Crippen molar-refractivity contribution in [3.63, 3.8) is 0 Å². The minimum Gasteiger partial charge on any atom is -0.396 e. The van der Waals surface area contributed by atoms with Crippen LogP contribution in [-0.2, 0) is 13.0 Å². The van der Waals surface area contributed by atoms with Gasteiger partial charge in [0.2, 0.25) is 5.89 Å². The van der Waals surface area contributed by atoms with Gasteiger partial charge in [0.25, 0.3) is 0 Å². The fraction of sp³-hybridized carbons (Fsp3) is 0.846. The first-order chi connectivity index (χ1) is 8.81. The average Bonchev–Trinajstić information content (AvgIpc) is 2.84. The molecule has 0 aliphatic carbocycles. The van der Waals surface area contributed by atoms with Gasteiger partial charge in [0.05, 0.1) is 6.54 Å². The van der Waals surface area contributed by atoms with Crippen molar-refractivity contribution in [2.24, 2.45) is 5.92 Å². The lowest BCUT2D eigenvalue weighted by Crippen LogP contribution is -2.36. The Bertz CT molecular complexity index is 354. The monoisotopic (exact) mass is 253 g/mol. The van der Waals surface area contributed by atoms with Crippen LogP contribution in [0.2, 0.25) is 0 Å². The standard InChI is InChI=1S/C13H23N3O2/c1-2-3-6-13-14-12(15-18-13)9-16-7-4-5-11(8-16)10-17/h11,17H,2-10H2,1H3. The maximum Gasteiger partial charge on any atom is 0.226 e. The van der Waals surface area contributed by atoms with E-state index in [1.54, 1.807) is 0 Å². The summed E-state index contributed by atoms with van der Waals surface area (Å²) >= 11 is 0. The highest BCUT2D eigenvalue weighted by atomic mass is 16.5. The molecule has 1 unspecified atom stereocenters. The van der Waals surface area contributed by atoms with E-state index in [1.807, 2.05) is 0 Å². The van der Waals surface area contributed by atoms with Crippen LogP contribution < -0.4 is 0 Å². The quantitative estimate of drug-likeness (QED) is 0.834. The van der Waals surface area contributed by atoms with Crippen LogP contribution in [0.15, 0.2) is 4.52 Å². The fourth-order valence-corrected chi connectivity index (χ4v) is 2.43. The SMILES string of the molecule is CCCCc1nc(CN2CCCC(CO)C2)no1. The summed E-state index contributed by atoms with van der Waals surface area (Å²) in [4.78, 5) is 6.72. The topological polar surface area (TPSA) is 62.4 Å². The molecule has 0 aromatic carbocycles. The number of aryl methyl sites for hydroxylation is 1. The van der Waals surface area contributed by atoms with Gasteiger partial charge in [-0.15, -0.1) is 0 Å². The van der Waals surface area contributed by atoms with E-state index in [1.165, 1.54) is 0 Å². The molecule has 1 atom stereocenters. The summed E-state index contributed by atoms with van der Waals surface area (Å²) in [6, 6.07) is 0. The number of aliphatic hydroxyl groups is 1. The van der Waals surface area contributed by atoms with Crippen LogP contribution >= 0.6 is 0 Å². The second-order valence-electron chi connectivity index (χ2n) is 5.13. The molecule has 1 N–H and O–H groups in total. The summed E-state index contributed by atoms with van der Waals surface area (Å²) in [5.41, 5.74) is 0. The van der Waals surface area contributed by atoms with Crippen LogP contribution in [0, 0.1) is 5.92 Å². The molecule has 0 spiro atoms. The van der Waals surface area contributed by atoms with E-state index < -0.39 is 0 Å². The van der Waals surface area contributed by atoms with Crippen molar-refractivity contribution in [3.05, 3.63) is 11.7 Å². The zero-order chi connectivity index (χ0) is 12.8. The van der Waals surface area contributed by atoms with Crippen molar-refractivity contribution in [3.8, 4) is 0 Å². The molecule has 102 valence electrons. The van der Waals surface area contributed by atoms with Crippen LogP contribution in [0.5, 0.6) is 0 Å². The van der Waals surface area contributed by atoms with Gasteiger partial charge < -0.3 is 9.63 Å². The second kappa shape index (κ2) is 6.85. The highest BCUT2D eigenvalue weighted by Crippen LogP contribution is 2.17. The number of rotatable bonds is 6. The van der Waals surface area contributed by atoms with Gasteiger partial charge in [-0.3, -0.25) is 4.90 Å². The Morgan fingerprint density at radius 2 is 2.39 bits per heavy atom. The van der Waals surface area contributed by atoms with Crippen LogP contribution in [0.3, 0.4) is 0 Å². The van der Waals surface area contributed by atoms with Gasteiger partial charge in [-0.2, -0.15) is 4.98 Å². The highest BCUT2D eigenvalue weighted by molar-refractivity contribution is 4.87. The molecule has 2 rings (SSSR count). The Morgan fingerprint density at radius 3 is 3.17 bits per heavy atom. The maximum absolute atomic E-state index is 9.20. The molecular weight excluding hydrogens is 230 g/mol. The summed E-state index contributed by atoms with van der Waals surface area (Å²) in [5, 5.41) is 13.2. The smallest absolute Gasteiger partial charge is 0.226 e. The number of hydrogen-bond donors (Lipinski definition) is 1. The van der Waals surface area contributed by atoms with Gasteiger partial charge in [0, 0.05) is 19.6 Å². The van der Waals surface area contributed by atoms with Gasteiger partial charge in [-0.1, -0.05) is 18.5 Å². The van der Waals surface area contributed by atoms with Crippen LogP contribution in [0.1, 0.15) is 44.3 Å². The minimum atomic E-state index is 0.282. The van der Waals surface area contributed by atoms with Crippen molar-refractivity contribution in [2.75, 3.05) is 19.7 Å². The normalized spacial score (nSPS) is 21.3. The number of aromatic nitrogens is 2. The van der Waals surface area contributed by atoms with E-state index in [0.29, 0.717) is 5.92 Å². The lowest BCUT2D eigenvalue weighted by Gasteiger charge is -2.30. The van der Waals surface area contributed by atoms with Crippen LogP contribution in [-0.4, -0.2) is 39.8 Å². The number of likely N-dealkylation sites (tertiary alicyclic amines) is 1. The summed E-state index contributed by atoms with van der Waals surface area (Å²) in [6.45, 7) is 5.18. The van der Waals surface area contributed by atoms with Crippen molar-refractivity contribution >= 4 is 0 Å². The Balaban J connectivity index is 1.83. The Morgan fingerprint density at radius 1 is 1.50 bits per heavy atom. The lowest BCUT2D eigenvalue weighted by atomic mass is 9.99. The van der Waals surface area contributed by atoms with E-state index in [-0.39, 0.29) is 6.61 Å². The lowest BCUT2D eigenvalue weighted by molar-refractivity contribution is 0.113. The minimum absolute atomic E-state index is 0.282. The molecule has 1 fully saturated rings. The van der Waals surface area contributed by atoms with E-state index in [9.17, 15) is 5.11 Å². The van der Waals surface area contributed by atoms with Gasteiger partial charge in [-0.05, 0) is 31.7 Å². The maximum atomic E-state index is 9.20. The number of piperidine rings is 1. The molecule has 18 heavy (non-hydrogen) atoms. The predicted octanol–water partition coefficient (Wildman–Crippen LogP) is 1.62. The molecule has 0 bridgehead atoms. The molecule has 1 aromatic rings. The number of nitrogens with zero attached hydrogens (tertiary/aromatic N) is 3. The Kier molecular flexibility index (Phi) is 5.13. The van der Waals surface area contributed by atoms with Gasteiger partial charge >= 0.3 is 0 Å². The average molecular weight is 253 g/mol. The zero-order valence-electron chi connectivity index (χ0n) is 11.1. The zero-order valence-corrected chi connectivity index (χ0v) is 11.1. The molecule has 5 nitrogen and oxygen atoms in total. The first-order valence-electron chi connectivity index (χ1n) is 6.96. The highest BCUT2D eigenvalue weighted by Gasteiger charge is 2.20. The number of hydrogen-bond acceptors (Lipinski definition) is 5. The first kappa shape index (κ1) is 13.5. The largest absolute Gasteiger partial charge is 0.396 e. The third-order valence-electron chi connectivity index (χ3n) is 3.48. The molecule has 1 aromatic heterocycles. The van der Waals surface area contributed by atoms with Crippen molar-refractivity contribution < 1.29 is 9.63 Å². The van der Waals surface area contributed by atoms with Gasteiger partial charge in [-0.25, -0.2) is 0 Å². The molecule has 0 radical (unpaired) electrons. The first-order valence-corrected chi connectivity index (χ1v) is 6.96. The summed E-state index contributed by atoms with van der Waals surface area (Å²) in [7, 11) is 0. The number of aliphatic hydroxyl groups excluding tert-OH is 1. The molecule has 1 saturated heterocycles. The number of unbranched alkanes of at least 4 members (excludes halogenated alkanes) is 1. The molecule has 2 heterocycles. The summed E-state index contributed by atoms with van der Waals surface area (Å²) < 4.78 is 5.22. The van der Waals surface area contributed by atoms with Crippen molar-refractivity contribution in [1.29, 1.82) is 0 Å². The van der Waals surface area contributed by atoms with Crippen molar-refractivity contribution in [2.45, 2.75) is 45.6 Å². The Labute approximate surface area is 108 Å². The van der Waals surface area contributed by atoms with Crippen LogP contribution in [0.25, 0.3) is 0 Å². The Hall–Kier alpha value is -0.940. The molecule has 0 saturated carbocycles. The van der Waals surface area contributed by atoms with E-state index in [0.717, 1.165) is 63.5 Å². The van der Waals surface area contributed by atoms with Gasteiger partial charge in [0.15, 0.2) is 5.82 Å². The van der Waals surface area contributed by atoms with Gasteiger partial charge in [0.1, 0.15) is 0 Å². The van der Waals surface area contributed by atoms with E-state index >= 15 is 0 Å².